The molecule has 0 amide bonds. The molecule has 0 aromatic heterocycles. The van der Waals surface area contributed by atoms with E-state index in [0.717, 1.165) is 13.0 Å². The van der Waals surface area contributed by atoms with Crippen LogP contribution in [0.15, 0.2) is 9.98 Å². The monoisotopic (exact) mass is 110 g/mol. The van der Waals surface area contributed by atoms with Crippen LogP contribution in [0.3, 0.4) is 0 Å². The first-order chi connectivity index (χ1) is 3.89. The van der Waals surface area contributed by atoms with Gasteiger partial charge in [-0.1, -0.05) is 6.92 Å². The van der Waals surface area contributed by atoms with Gasteiger partial charge >= 0.3 is 0 Å². The van der Waals surface area contributed by atoms with Crippen LogP contribution in [-0.2, 0) is 0 Å². The Labute approximate surface area is 49.3 Å². The van der Waals surface area contributed by atoms with Crippen LogP contribution in [0.2, 0.25) is 0 Å². The lowest BCUT2D eigenvalue weighted by Crippen LogP contribution is -1.96. The zero-order chi connectivity index (χ0) is 5.82. The molecule has 44 valence electrons. The average Bonchev–Trinajstić information content (AvgIpc) is 1.94. The highest BCUT2D eigenvalue weighted by atomic mass is 14.9. The van der Waals surface area contributed by atoms with E-state index in [4.69, 9.17) is 0 Å². The molecule has 0 saturated carbocycles. The summed E-state index contributed by atoms with van der Waals surface area (Å²) in [7, 11) is 0. The molecule has 1 rings (SSSR count). The summed E-state index contributed by atoms with van der Waals surface area (Å²) in [4.78, 5) is 7.93. The molecule has 0 radical (unpaired) electrons. The van der Waals surface area contributed by atoms with Gasteiger partial charge in [0.1, 0.15) is 6.34 Å². The topological polar surface area (TPSA) is 24.7 Å². The van der Waals surface area contributed by atoms with Crippen LogP contribution >= 0.6 is 0 Å². The first-order valence-corrected chi connectivity index (χ1v) is 2.89. The van der Waals surface area contributed by atoms with Crippen LogP contribution in [0.4, 0.5) is 0 Å². The summed E-state index contributed by atoms with van der Waals surface area (Å²) in [6, 6.07) is 0. The fraction of sp³-hybridized carbons (Fsp3) is 0.667. The van der Waals surface area contributed by atoms with Crippen LogP contribution < -0.4 is 0 Å². The molecule has 0 fully saturated rings. The summed E-state index contributed by atoms with van der Waals surface area (Å²) in [5, 5.41) is 0. The summed E-state index contributed by atoms with van der Waals surface area (Å²) in [6.07, 6.45) is 4.62. The maximum Gasteiger partial charge on any atom is 0.109 e. The third-order valence-electron chi connectivity index (χ3n) is 1.18. The second-order valence-corrected chi connectivity index (χ2v) is 2.15. The predicted octanol–water partition coefficient (Wildman–Crippen LogP) is 1.13. The lowest BCUT2D eigenvalue weighted by atomic mass is 10.1. The van der Waals surface area contributed by atoms with Crippen molar-refractivity contribution < 1.29 is 0 Å². The van der Waals surface area contributed by atoms with E-state index in [9.17, 15) is 0 Å². The number of hydrogen-bond donors (Lipinski definition) is 0. The van der Waals surface area contributed by atoms with E-state index in [0.29, 0.717) is 5.92 Å². The van der Waals surface area contributed by atoms with Gasteiger partial charge in [-0.2, -0.15) is 0 Å². The fourth-order valence-corrected chi connectivity index (χ4v) is 0.637. The van der Waals surface area contributed by atoms with Crippen molar-refractivity contribution in [3.63, 3.8) is 0 Å². The van der Waals surface area contributed by atoms with Crippen LogP contribution in [0.5, 0.6) is 0 Å². The van der Waals surface area contributed by atoms with Crippen molar-refractivity contribution in [3.05, 3.63) is 0 Å². The standard InChI is InChI=1S/C6H10N2/c1-6-2-3-7-5-8-4-6/h3,5-6H,2,4H2,1H3. The summed E-state index contributed by atoms with van der Waals surface area (Å²) in [5.74, 6) is 0.678. The highest BCUT2D eigenvalue weighted by molar-refractivity contribution is 5.73. The van der Waals surface area contributed by atoms with Gasteiger partial charge in [0, 0.05) is 12.8 Å². The minimum Gasteiger partial charge on any atom is -0.273 e. The van der Waals surface area contributed by atoms with Crippen LogP contribution in [0, 0.1) is 5.92 Å². The first-order valence-electron chi connectivity index (χ1n) is 2.89. The summed E-state index contributed by atoms with van der Waals surface area (Å²) < 4.78 is 0. The Bertz CT molecular complexity index is 102. The summed E-state index contributed by atoms with van der Waals surface area (Å²) >= 11 is 0. The van der Waals surface area contributed by atoms with Crippen molar-refractivity contribution >= 4 is 12.6 Å². The Morgan fingerprint density at radius 3 is 3.38 bits per heavy atom. The summed E-state index contributed by atoms with van der Waals surface area (Å²) in [5.41, 5.74) is 0. The zero-order valence-corrected chi connectivity index (χ0v) is 5.04. The van der Waals surface area contributed by atoms with Gasteiger partial charge in [0.25, 0.3) is 0 Å². The van der Waals surface area contributed by atoms with E-state index in [1.165, 1.54) is 0 Å². The zero-order valence-electron chi connectivity index (χ0n) is 5.04. The van der Waals surface area contributed by atoms with Gasteiger partial charge in [-0.15, -0.1) is 0 Å². The van der Waals surface area contributed by atoms with Gasteiger partial charge in [-0.05, 0) is 12.3 Å². The van der Waals surface area contributed by atoms with E-state index >= 15 is 0 Å². The molecule has 0 aromatic rings. The molecule has 1 unspecified atom stereocenters. The normalized spacial score (nSPS) is 27.9. The van der Waals surface area contributed by atoms with Crippen LogP contribution in [0.1, 0.15) is 13.3 Å². The number of aliphatic imine (C=N–C) groups is 2. The molecule has 1 atom stereocenters. The molecule has 2 heteroatoms. The third-order valence-corrected chi connectivity index (χ3v) is 1.18. The van der Waals surface area contributed by atoms with Crippen molar-refractivity contribution in [3.8, 4) is 0 Å². The minimum absolute atomic E-state index is 0.678. The van der Waals surface area contributed by atoms with E-state index in [2.05, 4.69) is 16.9 Å². The van der Waals surface area contributed by atoms with Gasteiger partial charge in [0.05, 0.1) is 0 Å². The van der Waals surface area contributed by atoms with Gasteiger partial charge in [-0.3, -0.25) is 4.99 Å². The van der Waals surface area contributed by atoms with Crippen molar-refractivity contribution in [1.29, 1.82) is 0 Å². The Kier molecular flexibility index (Phi) is 1.78. The van der Waals surface area contributed by atoms with E-state index in [-0.39, 0.29) is 0 Å². The maximum atomic E-state index is 4.03. The molecule has 0 bridgehead atoms. The number of hydrogen-bond acceptors (Lipinski definition) is 2. The Morgan fingerprint density at radius 1 is 1.62 bits per heavy atom. The van der Waals surface area contributed by atoms with E-state index in [1.54, 1.807) is 6.34 Å². The molecular weight excluding hydrogens is 100 g/mol. The molecule has 1 aliphatic rings. The van der Waals surface area contributed by atoms with Crippen molar-refractivity contribution in [1.82, 2.24) is 0 Å². The van der Waals surface area contributed by atoms with E-state index < -0.39 is 0 Å². The molecule has 0 aromatic carbocycles. The maximum absolute atomic E-state index is 4.03. The fourth-order valence-electron chi connectivity index (χ4n) is 0.637. The second kappa shape index (κ2) is 2.60. The molecule has 0 N–H and O–H groups in total. The highest BCUT2D eigenvalue weighted by Gasteiger charge is 1.97. The Balaban J connectivity index is 2.45. The average molecular weight is 110 g/mol. The van der Waals surface area contributed by atoms with Gasteiger partial charge < -0.3 is 0 Å². The lowest BCUT2D eigenvalue weighted by molar-refractivity contribution is 0.634. The minimum atomic E-state index is 0.678. The molecule has 1 aliphatic heterocycles. The van der Waals surface area contributed by atoms with Crippen molar-refractivity contribution in [2.45, 2.75) is 13.3 Å². The molecule has 8 heavy (non-hydrogen) atoms. The van der Waals surface area contributed by atoms with Gasteiger partial charge in [-0.25, -0.2) is 4.99 Å². The molecule has 0 aliphatic carbocycles. The highest BCUT2D eigenvalue weighted by Crippen LogP contribution is 2.00. The number of nitrogens with zero attached hydrogens (tertiary/aromatic N) is 2. The van der Waals surface area contributed by atoms with Gasteiger partial charge in [0.15, 0.2) is 0 Å². The second-order valence-electron chi connectivity index (χ2n) is 2.15. The first kappa shape index (κ1) is 5.48. The SMILES string of the molecule is CC1CC=NC=NC1. The number of rotatable bonds is 0. The van der Waals surface area contributed by atoms with Crippen molar-refractivity contribution in [2.75, 3.05) is 6.54 Å². The van der Waals surface area contributed by atoms with Crippen molar-refractivity contribution in [2.24, 2.45) is 15.9 Å². The Hall–Kier alpha value is -0.660. The van der Waals surface area contributed by atoms with E-state index in [1.807, 2.05) is 6.21 Å². The molecular formula is C6H10N2. The Morgan fingerprint density at radius 2 is 2.50 bits per heavy atom. The quantitative estimate of drug-likeness (QED) is 0.446. The smallest absolute Gasteiger partial charge is 0.109 e. The lowest BCUT2D eigenvalue weighted by Gasteiger charge is -1.98. The molecule has 1 heterocycles. The van der Waals surface area contributed by atoms with Gasteiger partial charge in [0.2, 0.25) is 0 Å². The molecule has 0 spiro atoms. The van der Waals surface area contributed by atoms with Crippen LogP contribution in [-0.4, -0.2) is 19.1 Å². The van der Waals surface area contributed by atoms with Crippen LogP contribution in [0.25, 0.3) is 0 Å². The molecule has 2 nitrogen and oxygen atoms in total. The molecule has 0 saturated heterocycles. The third kappa shape index (κ3) is 1.45. The largest absolute Gasteiger partial charge is 0.273 e. The summed E-state index contributed by atoms with van der Waals surface area (Å²) in [6.45, 7) is 3.11. The predicted molar refractivity (Wildman–Crippen MR) is 35.6 cm³/mol.